The normalized spacial score (nSPS) is 12.9. The highest BCUT2D eigenvalue weighted by molar-refractivity contribution is 5.79. The third kappa shape index (κ3) is 6.17. The Kier molecular flexibility index (Phi) is 7.63. The Morgan fingerprint density at radius 3 is 2.69 bits per heavy atom. The van der Waals surface area contributed by atoms with Crippen molar-refractivity contribution in [3.63, 3.8) is 0 Å². The number of halogens is 1. The Morgan fingerprint density at radius 1 is 1.27 bits per heavy atom. The minimum atomic E-state index is -0.158. The first-order chi connectivity index (χ1) is 12.5. The number of nitrogens with zero attached hydrogens (tertiary/aromatic N) is 3. The van der Waals surface area contributed by atoms with Gasteiger partial charge in [0.05, 0.1) is 5.69 Å². The van der Waals surface area contributed by atoms with Crippen molar-refractivity contribution < 1.29 is 4.39 Å². The molecule has 2 aromatic rings. The van der Waals surface area contributed by atoms with E-state index in [0.717, 1.165) is 24.7 Å². The Hall–Kier alpha value is -2.37. The molecule has 142 valence electrons. The van der Waals surface area contributed by atoms with E-state index in [1.54, 1.807) is 6.07 Å². The molecular formula is C20H30FN5. The van der Waals surface area contributed by atoms with Gasteiger partial charge < -0.3 is 10.6 Å². The average Bonchev–Trinajstić information content (AvgIpc) is 2.91. The van der Waals surface area contributed by atoms with Crippen LogP contribution in [0, 0.1) is 25.6 Å². The van der Waals surface area contributed by atoms with Gasteiger partial charge >= 0.3 is 0 Å². The zero-order valence-corrected chi connectivity index (χ0v) is 16.2. The lowest BCUT2D eigenvalue weighted by molar-refractivity contribution is 0.449. The van der Waals surface area contributed by atoms with Crippen LogP contribution in [0.2, 0.25) is 0 Å². The van der Waals surface area contributed by atoms with E-state index in [4.69, 9.17) is 0 Å². The molecule has 2 N–H and O–H groups in total. The van der Waals surface area contributed by atoms with E-state index in [9.17, 15) is 4.39 Å². The van der Waals surface area contributed by atoms with Crippen molar-refractivity contribution in [1.82, 2.24) is 20.4 Å². The average molecular weight is 359 g/mol. The van der Waals surface area contributed by atoms with Crippen molar-refractivity contribution in [2.24, 2.45) is 10.9 Å². The van der Waals surface area contributed by atoms with Crippen LogP contribution < -0.4 is 10.6 Å². The summed E-state index contributed by atoms with van der Waals surface area (Å²) >= 11 is 0. The van der Waals surface area contributed by atoms with Gasteiger partial charge in [-0.15, -0.1) is 0 Å². The van der Waals surface area contributed by atoms with Gasteiger partial charge in [-0.2, -0.15) is 5.10 Å². The zero-order valence-electron chi connectivity index (χ0n) is 16.2. The fourth-order valence-electron chi connectivity index (χ4n) is 2.82. The summed E-state index contributed by atoms with van der Waals surface area (Å²) in [6, 6.07) is 8.97. The molecule has 0 aliphatic carbocycles. The first-order valence-corrected chi connectivity index (χ1v) is 9.26. The fraction of sp³-hybridized carbons (Fsp3) is 0.500. The molecule has 1 aromatic carbocycles. The highest BCUT2D eigenvalue weighted by Crippen LogP contribution is 2.07. The summed E-state index contributed by atoms with van der Waals surface area (Å²) in [4.78, 5) is 4.66. The predicted molar refractivity (Wildman–Crippen MR) is 105 cm³/mol. The molecule has 1 aromatic heterocycles. The van der Waals surface area contributed by atoms with Crippen LogP contribution in [0.1, 0.15) is 30.8 Å². The van der Waals surface area contributed by atoms with Gasteiger partial charge in [-0.1, -0.05) is 25.1 Å². The lowest BCUT2D eigenvalue weighted by atomic mass is 10.1. The number of aliphatic imine (C=N–C) groups is 1. The molecular weight excluding hydrogens is 329 g/mol. The molecule has 0 radical (unpaired) electrons. The Balaban J connectivity index is 1.85. The summed E-state index contributed by atoms with van der Waals surface area (Å²) in [6.07, 6.45) is 0.623. The maximum absolute atomic E-state index is 13.7. The van der Waals surface area contributed by atoms with Gasteiger partial charge in [0.15, 0.2) is 5.96 Å². The standard InChI is InChI=1S/C20H30FN5/c1-5-22-20(23-11-10-18-8-6-7-9-19(18)21)24-13-15(2)14-26-17(4)12-16(3)25-26/h6-9,12,15H,5,10-11,13-14H2,1-4H3,(H2,22,23,24). The number of guanidine groups is 1. The molecule has 1 unspecified atom stereocenters. The molecule has 0 aliphatic rings. The van der Waals surface area contributed by atoms with Crippen LogP contribution in [0.5, 0.6) is 0 Å². The summed E-state index contributed by atoms with van der Waals surface area (Å²) in [5.41, 5.74) is 2.93. The summed E-state index contributed by atoms with van der Waals surface area (Å²) in [5, 5.41) is 11.0. The number of hydrogen-bond donors (Lipinski definition) is 2. The first kappa shape index (κ1) is 19.9. The topological polar surface area (TPSA) is 54.2 Å². The first-order valence-electron chi connectivity index (χ1n) is 9.26. The van der Waals surface area contributed by atoms with Crippen molar-refractivity contribution in [3.8, 4) is 0 Å². The van der Waals surface area contributed by atoms with E-state index in [0.29, 0.717) is 31.0 Å². The van der Waals surface area contributed by atoms with Crippen LogP contribution in [0.25, 0.3) is 0 Å². The molecule has 1 heterocycles. The molecule has 0 spiro atoms. The lowest BCUT2D eigenvalue weighted by Crippen LogP contribution is -2.38. The van der Waals surface area contributed by atoms with Crippen molar-refractivity contribution in [2.45, 2.75) is 40.7 Å². The maximum Gasteiger partial charge on any atom is 0.191 e. The van der Waals surface area contributed by atoms with Gasteiger partial charge in [0, 0.05) is 31.9 Å². The van der Waals surface area contributed by atoms with Crippen LogP contribution in [0.3, 0.4) is 0 Å². The fourth-order valence-corrected chi connectivity index (χ4v) is 2.82. The summed E-state index contributed by atoms with van der Waals surface area (Å²) in [7, 11) is 0. The predicted octanol–water partition coefficient (Wildman–Crippen LogP) is 3.07. The number of aromatic nitrogens is 2. The number of rotatable bonds is 8. The van der Waals surface area contributed by atoms with E-state index < -0.39 is 0 Å². The maximum atomic E-state index is 13.7. The van der Waals surface area contributed by atoms with Crippen LogP contribution in [0.4, 0.5) is 4.39 Å². The van der Waals surface area contributed by atoms with E-state index in [2.05, 4.69) is 40.6 Å². The second-order valence-corrected chi connectivity index (χ2v) is 6.70. The summed E-state index contributed by atoms with van der Waals surface area (Å²) < 4.78 is 15.7. The van der Waals surface area contributed by atoms with Gasteiger partial charge in [-0.3, -0.25) is 9.67 Å². The smallest absolute Gasteiger partial charge is 0.191 e. The highest BCUT2D eigenvalue weighted by atomic mass is 19.1. The number of hydrogen-bond acceptors (Lipinski definition) is 2. The van der Waals surface area contributed by atoms with E-state index >= 15 is 0 Å². The van der Waals surface area contributed by atoms with Crippen molar-refractivity contribution in [2.75, 3.05) is 19.6 Å². The molecule has 1 atom stereocenters. The number of nitrogens with one attached hydrogen (secondary N) is 2. The van der Waals surface area contributed by atoms with Crippen LogP contribution in [0.15, 0.2) is 35.3 Å². The Morgan fingerprint density at radius 2 is 2.04 bits per heavy atom. The highest BCUT2D eigenvalue weighted by Gasteiger charge is 2.08. The van der Waals surface area contributed by atoms with Gasteiger partial charge in [0.2, 0.25) is 0 Å². The zero-order chi connectivity index (χ0) is 18.9. The second-order valence-electron chi connectivity index (χ2n) is 6.70. The summed E-state index contributed by atoms with van der Waals surface area (Å²) in [5.74, 6) is 0.980. The third-order valence-electron chi connectivity index (χ3n) is 4.14. The lowest BCUT2D eigenvalue weighted by Gasteiger charge is -2.14. The van der Waals surface area contributed by atoms with Crippen molar-refractivity contribution in [3.05, 3.63) is 53.1 Å². The molecule has 5 nitrogen and oxygen atoms in total. The van der Waals surface area contributed by atoms with Crippen LogP contribution in [-0.4, -0.2) is 35.4 Å². The van der Waals surface area contributed by atoms with Gasteiger partial charge in [0.25, 0.3) is 0 Å². The number of aryl methyl sites for hydroxylation is 2. The molecule has 0 amide bonds. The van der Waals surface area contributed by atoms with E-state index in [1.807, 2.05) is 30.7 Å². The van der Waals surface area contributed by atoms with Gasteiger partial charge in [-0.05, 0) is 50.8 Å². The quantitative estimate of drug-likeness (QED) is 0.563. The van der Waals surface area contributed by atoms with E-state index in [-0.39, 0.29) is 5.82 Å². The van der Waals surface area contributed by atoms with Crippen molar-refractivity contribution in [1.29, 1.82) is 0 Å². The SMILES string of the molecule is CCNC(=NCC(C)Cn1nc(C)cc1C)NCCc1ccccc1F. The van der Waals surface area contributed by atoms with E-state index in [1.165, 1.54) is 11.8 Å². The van der Waals surface area contributed by atoms with Gasteiger partial charge in [0.1, 0.15) is 5.82 Å². The molecule has 0 fully saturated rings. The third-order valence-corrected chi connectivity index (χ3v) is 4.14. The Labute approximate surface area is 155 Å². The molecule has 0 bridgehead atoms. The van der Waals surface area contributed by atoms with Gasteiger partial charge in [-0.25, -0.2) is 4.39 Å². The minimum Gasteiger partial charge on any atom is -0.357 e. The second kappa shape index (κ2) is 9.94. The minimum absolute atomic E-state index is 0.158. The van der Waals surface area contributed by atoms with Crippen LogP contribution in [-0.2, 0) is 13.0 Å². The monoisotopic (exact) mass is 359 g/mol. The van der Waals surface area contributed by atoms with Crippen LogP contribution >= 0.6 is 0 Å². The molecule has 26 heavy (non-hydrogen) atoms. The molecule has 6 heteroatoms. The van der Waals surface area contributed by atoms with Crippen molar-refractivity contribution >= 4 is 5.96 Å². The molecule has 0 saturated heterocycles. The largest absolute Gasteiger partial charge is 0.357 e. The summed E-state index contributed by atoms with van der Waals surface area (Å²) in [6.45, 7) is 11.3. The number of benzene rings is 1. The molecule has 0 saturated carbocycles. The molecule has 0 aliphatic heterocycles. The molecule has 2 rings (SSSR count). The Bertz CT molecular complexity index is 723.